The summed E-state index contributed by atoms with van der Waals surface area (Å²) in [7, 11) is 0. The van der Waals surface area contributed by atoms with E-state index in [2.05, 4.69) is 9.97 Å². The van der Waals surface area contributed by atoms with Gasteiger partial charge in [-0.25, -0.2) is 4.98 Å². The summed E-state index contributed by atoms with van der Waals surface area (Å²) in [5.74, 6) is 1.44. The quantitative estimate of drug-likeness (QED) is 0.763. The largest absolute Gasteiger partial charge is 0.478 e. The van der Waals surface area contributed by atoms with E-state index >= 15 is 0 Å². The summed E-state index contributed by atoms with van der Waals surface area (Å²) in [6, 6.07) is 0. The molecule has 0 aliphatic rings. The molecule has 1 aromatic heterocycles. The molecule has 0 spiro atoms. The lowest BCUT2D eigenvalue weighted by Gasteiger charge is -2.08. The minimum absolute atomic E-state index is 0.631. The maximum absolute atomic E-state index is 5.45. The monoisotopic (exact) mass is 195 g/mol. The first-order valence-electron chi connectivity index (χ1n) is 4.93. The number of ether oxygens (including phenoxy) is 1. The molecule has 0 amide bonds. The van der Waals surface area contributed by atoms with Crippen LogP contribution in [-0.2, 0) is 6.42 Å². The molecule has 78 valence electrons. The van der Waals surface area contributed by atoms with Crippen LogP contribution in [0.5, 0.6) is 5.88 Å². The molecule has 1 aromatic rings. The lowest BCUT2D eigenvalue weighted by molar-refractivity contribution is 0.321. The van der Waals surface area contributed by atoms with E-state index in [4.69, 9.17) is 10.5 Å². The minimum atomic E-state index is 0.631. The molecule has 0 fully saturated rings. The van der Waals surface area contributed by atoms with Crippen molar-refractivity contribution in [1.29, 1.82) is 0 Å². The summed E-state index contributed by atoms with van der Waals surface area (Å²) < 4.78 is 5.42. The van der Waals surface area contributed by atoms with Crippen molar-refractivity contribution in [3.05, 3.63) is 17.6 Å². The van der Waals surface area contributed by atoms with E-state index in [1.165, 1.54) is 0 Å². The average Bonchev–Trinajstić information content (AvgIpc) is 2.17. The normalized spacial score (nSPS) is 10.2. The van der Waals surface area contributed by atoms with E-state index in [-0.39, 0.29) is 0 Å². The molecule has 1 heterocycles. The molecule has 0 radical (unpaired) electrons. The van der Waals surface area contributed by atoms with E-state index in [0.717, 1.165) is 24.2 Å². The molecule has 0 aromatic carbocycles. The van der Waals surface area contributed by atoms with Gasteiger partial charge in [0.15, 0.2) is 0 Å². The predicted molar refractivity (Wildman–Crippen MR) is 55.3 cm³/mol. The number of hydrogen-bond acceptors (Lipinski definition) is 4. The van der Waals surface area contributed by atoms with E-state index < -0.39 is 0 Å². The van der Waals surface area contributed by atoms with Gasteiger partial charge in [0.1, 0.15) is 5.82 Å². The number of aryl methyl sites for hydroxylation is 2. The number of aromatic nitrogens is 2. The molecule has 0 saturated carbocycles. The van der Waals surface area contributed by atoms with Crippen LogP contribution in [0, 0.1) is 6.92 Å². The highest BCUT2D eigenvalue weighted by Crippen LogP contribution is 2.15. The Morgan fingerprint density at radius 2 is 2.29 bits per heavy atom. The molecule has 2 N–H and O–H groups in total. The third-order valence-corrected chi connectivity index (χ3v) is 1.88. The fourth-order valence-corrected chi connectivity index (χ4v) is 1.20. The highest BCUT2D eigenvalue weighted by molar-refractivity contribution is 5.23. The Morgan fingerprint density at radius 3 is 2.93 bits per heavy atom. The lowest BCUT2D eigenvalue weighted by Crippen LogP contribution is -2.05. The number of nitrogens with two attached hydrogens (primary N) is 1. The Morgan fingerprint density at radius 1 is 1.50 bits per heavy atom. The number of rotatable bonds is 5. The summed E-state index contributed by atoms with van der Waals surface area (Å²) in [6.45, 7) is 5.12. The van der Waals surface area contributed by atoms with Crippen LogP contribution in [0.2, 0.25) is 0 Å². The van der Waals surface area contributed by atoms with Gasteiger partial charge in [0.25, 0.3) is 0 Å². The maximum atomic E-state index is 5.45. The van der Waals surface area contributed by atoms with Crippen molar-refractivity contribution in [3.63, 3.8) is 0 Å². The van der Waals surface area contributed by atoms with Crippen molar-refractivity contribution < 1.29 is 4.74 Å². The van der Waals surface area contributed by atoms with Crippen LogP contribution in [0.3, 0.4) is 0 Å². The third kappa shape index (κ3) is 2.96. The van der Waals surface area contributed by atoms with Gasteiger partial charge in [0.2, 0.25) is 5.88 Å². The summed E-state index contributed by atoms with van der Waals surface area (Å²) in [5.41, 5.74) is 6.49. The van der Waals surface area contributed by atoms with Gasteiger partial charge in [-0.2, -0.15) is 4.98 Å². The summed E-state index contributed by atoms with van der Waals surface area (Å²) in [5, 5.41) is 0. The molecule has 14 heavy (non-hydrogen) atoms. The molecule has 0 atom stereocenters. The van der Waals surface area contributed by atoms with Crippen LogP contribution in [0.4, 0.5) is 0 Å². The highest BCUT2D eigenvalue weighted by Gasteiger charge is 2.05. The van der Waals surface area contributed by atoms with Gasteiger partial charge < -0.3 is 10.5 Å². The first-order chi connectivity index (χ1) is 6.77. The lowest BCUT2D eigenvalue weighted by atomic mass is 10.2. The molecular formula is C10H17N3O. The van der Waals surface area contributed by atoms with Gasteiger partial charge in [-0.05, 0) is 33.2 Å². The number of hydrogen-bond donors (Lipinski definition) is 1. The molecule has 4 nitrogen and oxygen atoms in total. The van der Waals surface area contributed by atoms with Gasteiger partial charge in [-0.15, -0.1) is 0 Å². The Labute approximate surface area is 84.5 Å². The van der Waals surface area contributed by atoms with E-state index in [1.54, 1.807) is 0 Å². The van der Waals surface area contributed by atoms with Crippen molar-refractivity contribution in [1.82, 2.24) is 9.97 Å². The first-order valence-corrected chi connectivity index (χ1v) is 4.93. The Hall–Kier alpha value is -1.16. The van der Waals surface area contributed by atoms with E-state index in [1.807, 2.05) is 20.0 Å². The minimum Gasteiger partial charge on any atom is -0.478 e. The van der Waals surface area contributed by atoms with Crippen molar-refractivity contribution in [2.45, 2.75) is 26.7 Å². The van der Waals surface area contributed by atoms with Crippen LogP contribution in [0.25, 0.3) is 0 Å². The van der Waals surface area contributed by atoms with Crippen LogP contribution < -0.4 is 10.5 Å². The van der Waals surface area contributed by atoms with Crippen LogP contribution in [0.15, 0.2) is 6.20 Å². The topological polar surface area (TPSA) is 61.0 Å². The number of nitrogens with zero attached hydrogens (tertiary/aromatic N) is 2. The van der Waals surface area contributed by atoms with Crippen molar-refractivity contribution in [3.8, 4) is 5.88 Å². The zero-order valence-electron chi connectivity index (χ0n) is 8.79. The Balaban J connectivity index is 2.78. The molecule has 0 aliphatic carbocycles. The molecule has 4 heteroatoms. The van der Waals surface area contributed by atoms with E-state index in [9.17, 15) is 0 Å². The molecule has 0 saturated heterocycles. The van der Waals surface area contributed by atoms with Crippen LogP contribution in [0.1, 0.15) is 24.7 Å². The van der Waals surface area contributed by atoms with Gasteiger partial charge in [-0.1, -0.05) is 0 Å². The second-order valence-corrected chi connectivity index (χ2v) is 3.07. The zero-order chi connectivity index (χ0) is 10.4. The highest BCUT2D eigenvalue weighted by atomic mass is 16.5. The summed E-state index contributed by atoms with van der Waals surface area (Å²) in [4.78, 5) is 8.38. The fourth-order valence-electron chi connectivity index (χ4n) is 1.20. The van der Waals surface area contributed by atoms with Gasteiger partial charge in [0, 0.05) is 11.8 Å². The third-order valence-electron chi connectivity index (χ3n) is 1.88. The van der Waals surface area contributed by atoms with Gasteiger partial charge >= 0.3 is 0 Å². The Bertz CT molecular complexity index is 289. The SMILES string of the molecule is CCOc1nc(C)ncc1CCCN. The van der Waals surface area contributed by atoms with Gasteiger partial charge in [0.05, 0.1) is 6.61 Å². The predicted octanol–water partition coefficient (Wildman–Crippen LogP) is 1.08. The zero-order valence-corrected chi connectivity index (χ0v) is 8.79. The summed E-state index contributed by atoms with van der Waals surface area (Å²) >= 11 is 0. The standard InChI is InChI=1S/C10H17N3O/c1-3-14-10-9(5-4-6-11)7-12-8(2)13-10/h7H,3-6,11H2,1-2H3. The second-order valence-electron chi connectivity index (χ2n) is 3.07. The van der Waals surface area contributed by atoms with Crippen molar-refractivity contribution in [2.24, 2.45) is 5.73 Å². The van der Waals surface area contributed by atoms with E-state index in [0.29, 0.717) is 19.0 Å². The maximum Gasteiger partial charge on any atom is 0.219 e. The molecule has 0 bridgehead atoms. The molecule has 0 unspecified atom stereocenters. The summed E-state index contributed by atoms with van der Waals surface area (Å²) in [6.07, 6.45) is 3.64. The molecule has 0 aliphatic heterocycles. The van der Waals surface area contributed by atoms with Crippen molar-refractivity contribution >= 4 is 0 Å². The van der Waals surface area contributed by atoms with Crippen LogP contribution >= 0.6 is 0 Å². The second kappa shape index (κ2) is 5.54. The smallest absolute Gasteiger partial charge is 0.219 e. The van der Waals surface area contributed by atoms with Crippen molar-refractivity contribution in [2.75, 3.05) is 13.2 Å². The molecule has 1 rings (SSSR count). The first kappa shape index (κ1) is 10.9. The molecular weight excluding hydrogens is 178 g/mol. The van der Waals surface area contributed by atoms with Crippen LogP contribution in [-0.4, -0.2) is 23.1 Å². The average molecular weight is 195 g/mol. The fraction of sp³-hybridized carbons (Fsp3) is 0.600. The van der Waals surface area contributed by atoms with Gasteiger partial charge in [-0.3, -0.25) is 0 Å². The Kier molecular flexibility index (Phi) is 4.32.